The molecule has 27 heavy (non-hydrogen) atoms. The average molecular weight is 360 g/mol. The number of hydrogen-bond donors (Lipinski definition) is 2. The molecule has 3 aromatic rings. The van der Waals surface area contributed by atoms with Crippen molar-refractivity contribution in [1.82, 2.24) is 4.98 Å². The number of aromatic amines is 1. The Hall–Kier alpha value is -2.59. The lowest BCUT2D eigenvalue weighted by Gasteiger charge is -2.30. The summed E-state index contributed by atoms with van der Waals surface area (Å²) in [6, 6.07) is 16.8. The molecule has 3 N–H and O–H groups in total. The van der Waals surface area contributed by atoms with Gasteiger partial charge in [-0.1, -0.05) is 44.2 Å². The number of H-pyrrole nitrogens is 1. The van der Waals surface area contributed by atoms with Crippen molar-refractivity contribution in [3.05, 3.63) is 65.4 Å². The number of quaternary nitrogens is 1. The van der Waals surface area contributed by atoms with Crippen LogP contribution >= 0.6 is 0 Å². The molecule has 0 saturated heterocycles. The van der Waals surface area contributed by atoms with Crippen LogP contribution in [0.25, 0.3) is 10.9 Å². The number of nitrogens with one attached hydrogen (secondary N) is 1. The van der Waals surface area contributed by atoms with E-state index in [2.05, 4.69) is 66.6 Å². The first-order chi connectivity index (χ1) is 13.1. The first kappa shape index (κ1) is 16.6. The van der Waals surface area contributed by atoms with Crippen molar-refractivity contribution in [2.75, 3.05) is 18.0 Å². The summed E-state index contributed by atoms with van der Waals surface area (Å²) >= 11 is 0. The van der Waals surface area contributed by atoms with Gasteiger partial charge < -0.3 is 15.2 Å². The van der Waals surface area contributed by atoms with Crippen LogP contribution in [0.3, 0.4) is 0 Å². The molecular weight excluding hydrogens is 334 g/mol. The highest BCUT2D eigenvalue weighted by Gasteiger charge is 2.58. The van der Waals surface area contributed by atoms with Gasteiger partial charge in [-0.15, -0.1) is 0 Å². The van der Waals surface area contributed by atoms with E-state index in [4.69, 9.17) is 0 Å². The number of carbonyl (C=O) groups excluding carboxylic acids is 1. The van der Waals surface area contributed by atoms with Crippen molar-refractivity contribution in [2.24, 2.45) is 5.92 Å². The summed E-state index contributed by atoms with van der Waals surface area (Å²) in [7, 11) is 0. The monoisotopic (exact) mass is 360 g/mol. The van der Waals surface area contributed by atoms with E-state index < -0.39 is 5.54 Å². The molecule has 2 aromatic carbocycles. The number of rotatable bonds is 3. The Balaban J connectivity index is 1.72. The van der Waals surface area contributed by atoms with E-state index in [-0.39, 0.29) is 5.91 Å². The zero-order valence-corrected chi connectivity index (χ0v) is 16.0. The Morgan fingerprint density at radius 1 is 1.15 bits per heavy atom. The first-order valence-corrected chi connectivity index (χ1v) is 9.99. The molecule has 1 aromatic heterocycles. The van der Waals surface area contributed by atoms with Crippen molar-refractivity contribution >= 4 is 22.5 Å². The number of fused-ring (bicyclic) bond motifs is 6. The Labute approximate surface area is 159 Å². The summed E-state index contributed by atoms with van der Waals surface area (Å²) < 4.78 is 0. The molecule has 3 heterocycles. The van der Waals surface area contributed by atoms with Crippen LogP contribution in [-0.4, -0.2) is 24.0 Å². The summed E-state index contributed by atoms with van der Waals surface area (Å²) in [5.41, 5.74) is 5.06. The molecule has 138 valence electrons. The van der Waals surface area contributed by atoms with E-state index in [0.29, 0.717) is 5.92 Å². The van der Waals surface area contributed by atoms with Crippen LogP contribution in [0, 0.1) is 5.92 Å². The lowest BCUT2D eigenvalue weighted by atomic mass is 9.82. The van der Waals surface area contributed by atoms with Crippen molar-refractivity contribution in [3.63, 3.8) is 0 Å². The van der Waals surface area contributed by atoms with Gasteiger partial charge in [-0.2, -0.15) is 0 Å². The maximum Gasteiger partial charge on any atom is 0.299 e. The number of anilines is 1. The van der Waals surface area contributed by atoms with Crippen LogP contribution < -0.4 is 10.2 Å². The average Bonchev–Trinajstić information content (AvgIpc) is 3.17. The van der Waals surface area contributed by atoms with Gasteiger partial charge in [0.15, 0.2) is 0 Å². The van der Waals surface area contributed by atoms with Gasteiger partial charge in [-0.25, -0.2) is 0 Å². The van der Waals surface area contributed by atoms with Crippen molar-refractivity contribution in [1.29, 1.82) is 0 Å². The van der Waals surface area contributed by atoms with E-state index in [9.17, 15) is 4.79 Å². The van der Waals surface area contributed by atoms with E-state index >= 15 is 0 Å². The van der Waals surface area contributed by atoms with Gasteiger partial charge in [0.05, 0.1) is 23.5 Å². The molecule has 0 unspecified atom stereocenters. The normalized spacial score (nSPS) is 21.3. The fraction of sp³-hybridized carbons (Fsp3) is 0.348. The summed E-state index contributed by atoms with van der Waals surface area (Å²) in [6.07, 6.45) is 2.00. The Kier molecular flexibility index (Phi) is 3.66. The molecule has 1 spiro atoms. The van der Waals surface area contributed by atoms with Crippen LogP contribution in [0.1, 0.15) is 37.1 Å². The van der Waals surface area contributed by atoms with Gasteiger partial charge in [-0.05, 0) is 36.1 Å². The van der Waals surface area contributed by atoms with Gasteiger partial charge >= 0.3 is 0 Å². The third-order valence-electron chi connectivity index (χ3n) is 6.19. The number of carbonyl (C=O) groups is 1. The maximum atomic E-state index is 13.9. The minimum absolute atomic E-state index is 0.205. The van der Waals surface area contributed by atoms with Crippen LogP contribution in [0.2, 0.25) is 0 Å². The highest BCUT2D eigenvalue weighted by molar-refractivity contribution is 6.09. The molecule has 2 aliphatic rings. The van der Waals surface area contributed by atoms with Gasteiger partial charge in [0.1, 0.15) is 0 Å². The third-order valence-corrected chi connectivity index (χ3v) is 6.19. The lowest BCUT2D eigenvalue weighted by molar-refractivity contribution is -0.714. The molecule has 0 radical (unpaired) electrons. The number of nitrogens with two attached hydrogens (primary N) is 1. The molecule has 0 fully saturated rings. The van der Waals surface area contributed by atoms with E-state index in [0.717, 1.165) is 48.4 Å². The number of benzene rings is 2. The largest absolute Gasteiger partial charge is 0.352 e. The standard InChI is InChI=1S/C23H25N3O/c1-15(2)12-14-26-20-10-6-4-8-18(20)23(22(26)27)21-17(11-13-24-23)16-7-3-5-9-19(16)25-21/h3-10,15,24-25H,11-14H2,1-2H3/p+1/t23-/m1/s1. The highest BCUT2D eigenvalue weighted by Crippen LogP contribution is 2.45. The van der Waals surface area contributed by atoms with Crippen LogP contribution in [0.5, 0.6) is 0 Å². The maximum absolute atomic E-state index is 13.9. The second-order valence-electron chi connectivity index (χ2n) is 8.23. The van der Waals surface area contributed by atoms with Crippen molar-refractivity contribution in [3.8, 4) is 0 Å². The SMILES string of the molecule is CC(C)CCN1C(=O)[C@@]2([NH2+]CCc3c2[nH]c2ccccc32)c2ccccc21. The number of amides is 1. The second-order valence-corrected chi connectivity index (χ2v) is 8.23. The molecule has 0 aliphatic carbocycles. The van der Waals surface area contributed by atoms with Crippen LogP contribution in [0.4, 0.5) is 5.69 Å². The number of nitrogens with zero attached hydrogens (tertiary/aromatic N) is 1. The lowest BCUT2D eigenvalue weighted by Crippen LogP contribution is -2.99. The predicted molar refractivity (Wildman–Crippen MR) is 108 cm³/mol. The molecule has 2 aliphatic heterocycles. The number of hydrogen-bond acceptors (Lipinski definition) is 1. The fourth-order valence-electron chi connectivity index (χ4n) is 4.86. The van der Waals surface area contributed by atoms with Crippen LogP contribution in [0.15, 0.2) is 48.5 Å². The van der Waals surface area contributed by atoms with Gasteiger partial charge in [0, 0.05) is 23.9 Å². The van der Waals surface area contributed by atoms with Crippen molar-refractivity contribution < 1.29 is 10.1 Å². The summed E-state index contributed by atoms with van der Waals surface area (Å²) in [5.74, 6) is 0.775. The quantitative estimate of drug-likeness (QED) is 0.741. The molecule has 1 amide bonds. The summed E-state index contributed by atoms with van der Waals surface area (Å²) in [6.45, 7) is 6.13. The fourth-order valence-corrected chi connectivity index (χ4v) is 4.86. The molecule has 0 saturated carbocycles. The zero-order valence-electron chi connectivity index (χ0n) is 16.0. The zero-order chi connectivity index (χ0) is 18.6. The summed E-state index contributed by atoms with van der Waals surface area (Å²) in [5, 5.41) is 3.51. The number of para-hydroxylation sites is 2. The first-order valence-electron chi connectivity index (χ1n) is 9.99. The molecular formula is C23H26N3O+. The van der Waals surface area contributed by atoms with Gasteiger partial charge in [-0.3, -0.25) is 4.79 Å². The third kappa shape index (κ3) is 2.23. The van der Waals surface area contributed by atoms with Gasteiger partial charge in [0.25, 0.3) is 5.91 Å². The minimum atomic E-state index is -0.666. The second kappa shape index (κ2) is 5.96. The molecule has 5 rings (SSSR count). The predicted octanol–water partition coefficient (Wildman–Crippen LogP) is 2.92. The topological polar surface area (TPSA) is 52.7 Å². The van der Waals surface area contributed by atoms with E-state index in [1.807, 2.05) is 11.0 Å². The van der Waals surface area contributed by atoms with E-state index in [1.165, 1.54) is 10.9 Å². The molecule has 1 atom stereocenters. The number of aromatic nitrogens is 1. The summed E-state index contributed by atoms with van der Waals surface area (Å²) in [4.78, 5) is 19.5. The molecule has 0 bridgehead atoms. The van der Waals surface area contributed by atoms with Crippen LogP contribution in [-0.2, 0) is 16.8 Å². The Morgan fingerprint density at radius 3 is 2.78 bits per heavy atom. The Bertz CT molecular complexity index is 1040. The highest BCUT2D eigenvalue weighted by atomic mass is 16.2. The van der Waals surface area contributed by atoms with Gasteiger partial charge in [0.2, 0.25) is 5.54 Å². The molecule has 4 nitrogen and oxygen atoms in total. The molecule has 4 heteroatoms. The van der Waals surface area contributed by atoms with Crippen molar-refractivity contribution in [2.45, 2.75) is 32.2 Å². The Morgan fingerprint density at radius 2 is 1.93 bits per heavy atom. The smallest absolute Gasteiger partial charge is 0.299 e. The van der Waals surface area contributed by atoms with E-state index in [1.54, 1.807) is 0 Å². The minimum Gasteiger partial charge on any atom is -0.352 e.